The molecule has 0 radical (unpaired) electrons. The van der Waals surface area contributed by atoms with Gasteiger partial charge in [-0.25, -0.2) is 0 Å². The summed E-state index contributed by atoms with van der Waals surface area (Å²) in [4.78, 5) is 1.52. The minimum atomic E-state index is 0.508. The number of hydrogen-bond donors (Lipinski definition) is 1. The molecule has 0 aromatic carbocycles. The van der Waals surface area contributed by atoms with Crippen LogP contribution in [0.15, 0.2) is 0 Å². The van der Waals surface area contributed by atoms with Crippen LogP contribution in [-0.4, -0.2) is 32.8 Å². The molecule has 1 heterocycles. The van der Waals surface area contributed by atoms with Crippen molar-refractivity contribution in [3.05, 3.63) is 5.82 Å². The summed E-state index contributed by atoms with van der Waals surface area (Å²) >= 11 is 0. The van der Waals surface area contributed by atoms with E-state index in [-0.39, 0.29) is 0 Å². The molecule has 0 aliphatic heterocycles. The van der Waals surface area contributed by atoms with E-state index in [1.54, 1.807) is 7.05 Å². The van der Waals surface area contributed by atoms with Crippen LogP contribution in [0.2, 0.25) is 0 Å². The van der Waals surface area contributed by atoms with Gasteiger partial charge < -0.3 is 5.32 Å². The summed E-state index contributed by atoms with van der Waals surface area (Å²) in [7, 11) is 1.80. The first-order chi connectivity index (χ1) is 7.67. The molecule has 0 aliphatic carbocycles. The average molecular weight is 225 g/mol. The quantitative estimate of drug-likeness (QED) is 0.756. The van der Waals surface area contributed by atoms with Crippen LogP contribution in [0.5, 0.6) is 0 Å². The number of hydrogen-bond acceptors (Lipinski definition) is 4. The predicted molar refractivity (Wildman–Crippen MR) is 64.0 cm³/mol. The van der Waals surface area contributed by atoms with Crippen LogP contribution >= 0.6 is 0 Å². The van der Waals surface area contributed by atoms with E-state index in [9.17, 15) is 0 Å². The van der Waals surface area contributed by atoms with Crippen LogP contribution in [0.1, 0.15) is 39.4 Å². The minimum absolute atomic E-state index is 0.508. The number of aromatic nitrogens is 4. The summed E-state index contributed by atoms with van der Waals surface area (Å²) in [5, 5.41) is 15.7. The van der Waals surface area contributed by atoms with Crippen molar-refractivity contribution in [2.45, 2.75) is 46.1 Å². The maximum atomic E-state index is 4.23. The fourth-order valence-corrected chi connectivity index (χ4v) is 1.85. The Balaban J connectivity index is 2.47. The Morgan fingerprint density at radius 1 is 1.38 bits per heavy atom. The highest BCUT2D eigenvalue weighted by Crippen LogP contribution is 2.13. The van der Waals surface area contributed by atoms with Crippen molar-refractivity contribution in [1.82, 2.24) is 25.5 Å². The van der Waals surface area contributed by atoms with E-state index in [1.165, 1.54) is 11.2 Å². The van der Waals surface area contributed by atoms with Gasteiger partial charge in [0.05, 0.1) is 7.05 Å². The summed E-state index contributed by atoms with van der Waals surface area (Å²) in [5.41, 5.74) is 0. The fourth-order valence-electron chi connectivity index (χ4n) is 1.85. The van der Waals surface area contributed by atoms with E-state index in [2.05, 4.69) is 41.5 Å². The third-order valence-corrected chi connectivity index (χ3v) is 2.94. The summed E-state index contributed by atoms with van der Waals surface area (Å²) in [6.45, 7) is 7.71. The van der Waals surface area contributed by atoms with Crippen molar-refractivity contribution in [3.63, 3.8) is 0 Å². The molecule has 1 rings (SSSR count). The van der Waals surface area contributed by atoms with Crippen molar-refractivity contribution in [2.24, 2.45) is 13.0 Å². The molecule has 16 heavy (non-hydrogen) atoms. The van der Waals surface area contributed by atoms with Gasteiger partial charge in [0, 0.05) is 12.5 Å². The molecule has 2 atom stereocenters. The van der Waals surface area contributed by atoms with E-state index in [0.29, 0.717) is 12.0 Å². The van der Waals surface area contributed by atoms with E-state index in [0.717, 1.165) is 25.2 Å². The van der Waals surface area contributed by atoms with Crippen LogP contribution in [-0.2, 0) is 13.5 Å². The number of aryl methyl sites for hydroxylation is 1. The van der Waals surface area contributed by atoms with Gasteiger partial charge in [0.2, 0.25) is 0 Å². The molecule has 0 fully saturated rings. The van der Waals surface area contributed by atoms with Crippen LogP contribution in [0, 0.1) is 5.92 Å². The third-order valence-electron chi connectivity index (χ3n) is 2.94. The molecule has 1 N–H and O–H groups in total. The Labute approximate surface area is 97.6 Å². The van der Waals surface area contributed by atoms with Crippen molar-refractivity contribution < 1.29 is 0 Å². The largest absolute Gasteiger partial charge is 0.314 e. The Kier molecular flexibility index (Phi) is 5.38. The van der Waals surface area contributed by atoms with Gasteiger partial charge in [-0.1, -0.05) is 20.3 Å². The normalized spacial score (nSPS) is 15.0. The van der Waals surface area contributed by atoms with E-state index in [1.807, 2.05) is 0 Å². The monoisotopic (exact) mass is 225 g/mol. The second-order valence-electron chi connectivity index (χ2n) is 4.31. The Hall–Kier alpha value is -0.970. The first-order valence-corrected chi connectivity index (χ1v) is 6.13. The zero-order valence-electron chi connectivity index (χ0n) is 10.8. The lowest BCUT2D eigenvalue weighted by molar-refractivity contribution is 0.356. The van der Waals surface area contributed by atoms with E-state index in [4.69, 9.17) is 0 Å². The standard InChI is InChI=1S/C11H23N5/c1-5-7-12-9(3)10(6-2)8-11-13-15-16(4)14-11/h9-10,12H,5-8H2,1-4H3. The number of nitrogens with zero attached hydrogens (tertiary/aromatic N) is 4. The van der Waals surface area contributed by atoms with E-state index >= 15 is 0 Å². The van der Waals surface area contributed by atoms with E-state index < -0.39 is 0 Å². The first kappa shape index (κ1) is 13.1. The molecule has 5 nitrogen and oxygen atoms in total. The second kappa shape index (κ2) is 6.58. The molecular weight excluding hydrogens is 202 g/mol. The van der Waals surface area contributed by atoms with Gasteiger partial charge in [0.25, 0.3) is 0 Å². The summed E-state index contributed by atoms with van der Waals surface area (Å²) in [6.07, 6.45) is 3.21. The fraction of sp³-hybridized carbons (Fsp3) is 0.909. The molecule has 0 spiro atoms. The van der Waals surface area contributed by atoms with Gasteiger partial charge in [0.1, 0.15) is 0 Å². The first-order valence-electron chi connectivity index (χ1n) is 6.13. The number of nitrogens with one attached hydrogen (secondary N) is 1. The van der Waals surface area contributed by atoms with Crippen LogP contribution in [0.4, 0.5) is 0 Å². The molecule has 0 amide bonds. The maximum absolute atomic E-state index is 4.23. The Morgan fingerprint density at radius 3 is 2.62 bits per heavy atom. The minimum Gasteiger partial charge on any atom is -0.314 e. The van der Waals surface area contributed by atoms with Crippen molar-refractivity contribution >= 4 is 0 Å². The Morgan fingerprint density at radius 2 is 2.12 bits per heavy atom. The van der Waals surface area contributed by atoms with Crippen molar-refractivity contribution in [3.8, 4) is 0 Å². The molecule has 92 valence electrons. The van der Waals surface area contributed by atoms with Gasteiger partial charge in [-0.2, -0.15) is 4.80 Å². The molecule has 0 saturated heterocycles. The highest BCUT2D eigenvalue weighted by atomic mass is 15.6. The zero-order chi connectivity index (χ0) is 12.0. The molecule has 2 unspecified atom stereocenters. The molecule has 0 bridgehead atoms. The SMILES string of the molecule is CCCNC(C)C(CC)Cc1nnn(C)n1. The van der Waals surface area contributed by atoms with Gasteiger partial charge in [0.15, 0.2) is 5.82 Å². The lowest BCUT2D eigenvalue weighted by atomic mass is 9.94. The average Bonchev–Trinajstić information content (AvgIpc) is 2.68. The summed E-state index contributed by atoms with van der Waals surface area (Å²) in [5.74, 6) is 1.43. The Bertz CT molecular complexity index is 296. The summed E-state index contributed by atoms with van der Waals surface area (Å²) in [6, 6.07) is 0.508. The number of rotatable bonds is 7. The molecule has 0 saturated carbocycles. The molecule has 1 aromatic rings. The zero-order valence-corrected chi connectivity index (χ0v) is 10.8. The van der Waals surface area contributed by atoms with Gasteiger partial charge in [-0.05, 0) is 31.0 Å². The highest BCUT2D eigenvalue weighted by Gasteiger charge is 2.17. The maximum Gasteiger partial charge on any atom is 0.175 e. The van der Waals surface area contributed by atoms with Gasteiger partial charge >= 0.3 is 0 Å². The van der Waals surface area contributed by atoms with Crippen LogP contribution < -0.4 is 5.32 Å². The van der Waals surface area contributed by atoms with Gasteiger partial charge in [-0.3, -0.25) is 0 Å². The lowest BCUT2D eigenvalue weighted by Gasteiger charge is -2.22. The molecule has 1 aromatic heterocycles. The smallest absolute Gasteiger partial charge is 0.175 e. The third kappa shape index (κ3) is 3.89. The van der Waals surface area contributed by atoms with Crippen LogP contribution in [0.25, 0.3) is 0 Å². The highest BCUT2D eigenvalue weighted by molar-refractivity contribution is 4.84. The van der Waals surface area contributed by atoms with Crippen molar-refractivity contribution in [1.29, 1.82) is 0 Å². The topological polar surface area (TPSA) is 55.6 Å². The summed E-state index contributed by atoms with van der Waals surface area (Å²) < 4.78 is 0. The van der Waals surface area contributed by atoms with Crippen molar-refractivity contribution in [2.75, 3.05) is 6.54 Å². The number of tetrazole rings is 1. The molecule has 5 heteroatoms. The predicted octanol–water partition coefficient (Wildman–Crippen LogP) is 1.17. The second-order valence-corrected chi connectivity index (χ2v) is 4.31. The molecule has 0 aliphatic rings. The lowest BCUT2D eigenvalue weighted by Crippen LogP contribution is -2.35. The van der Waals surface area contributed by atoms with Gasteiger partial charge in [-0.15, -0.1) is 10.2 Å². The van der Waals surface area contributed by atoms with Crippen LogP contribution in [0.3, 0.4) is 0 Å². The molecular formula is C11H23N5.